The van der Waals surface area contributed by atoms with Crippen LogP contribution in [0.4, 0.5) is 0 Å². The van der Waals surface area contributed by atoms with Crippen LogP contribution in [0.2, 0.25) is 5.02 Å². The lowest BCUT2D eigenvalue weighted by molar-refractivity contribution is -0.163. The van der Waals surface area contributed by atoms with Crippen LogP contribution in [-0.4, -0.2) is 21.5 Å². The zero-order valence-corrected chi connectivity index (χ0v) is 16.3. The highest BCUT2D eigenvalue weighted by atomic mass is 35.5. The number of nitrogens with one attached hydrogen (secondary N) is 1. The lowest BCUT2D eigenvalue weighted by Gasteiger charge is -2.46. The molecule has 1 aromatic carbocycles. The molecule has 1 fully saturated rings. The van der Waals surface area contributed by atoms with E-state index in [9.17, 15) is 9.00 Å². The quantitative estimate of drug-likeness (QED) is 0.763. The van der Waals surface area contributed by atoms with Gasteiger partial charge in [0, 0.05) is 5.02 Å². The minimum atomic E-state index is -1.30. The molecule has 6 heteroatoms. The van der Waals surface area contributed by atoms with Crippen molar-refractivity contribution >= 4 is 28.6 Å². The highest BCUT2D eigenvalue weighted by Gasteiger charge is 2.53. The van der Waals surface area contributed by atoms with Gasteiger partial charge in [0.15, 0.2) is 0 Å². The number of carbonyl (C=O) groups excluding carboxylic acids is 1. The molecule has 24 heavy (non-hydrogen) atoms. The summed E-state index contributed by atoms with van der Waals surface area (Å²) in [6.45, 7) is 7.88. The molecule has 2 rings (SSSR count). The summed E-state index contributed by atoms with van der Waals surface area (Å²) in [5.41, 5.74) is 0.245. The Bertz CT molecular complexity index is 606. The minimum absolute atomic E-state index is 0.213. The summed E-state index contributed by atoms with van der Waals surface area (Å²) in [5.74, 6) is -0.213. The maximum atomic E-state index is 12.7. The normalized spacial score (nSPS) is 19.2. The summed E-state index contributed by atoms with van der Waals surface area (Å²) in [5, 5.41) is 0.633. The van der Waals surface area contributed by atoms with Crippen molar-refractivity contribution in [2.75, 3.05) is 6.61 Å². The molecule has 0 bridgehead atoms. The third-order valence-electron chi connectivity index (χ3n) is 4.46. The lowest BCUT2D eigenvalue weighted by Crippen LogP contribution is -2.51. The van der Waals surface area contributed by atoms with Crippen molar-refractivity contribution in [2.24, 2.45) is 5.41 Å². The van der Waals surface area contributed by atoms with Gasteiger partial charge in [0.05, 0.1) is 33.8 Å². The summed E-state index contributed by atoms with van der Waals surface area (Å²) in [6.07, 6.45) is 2.42. The number of benzene rings is 1. The van der Waals surface area contributed by atoms with Crippen LogP contribution >= 0.6 is 11.6 Å². The van der Waals surface area contributed by atoms with Crippen LogP contribution < -0.4 is 4.72 Å². The molecule has 134 valence electrons. The van der Waals surface area contributed by atoms with Crippen molar-refractivity contribution in [2.45, 2.75) is 57.7 Å². The van der Waals surface area contributed by atoms with E-state index in [2.05, 4.69) is 4.72 Å². The molecular weight excluding hydrogens is 346 g/mol. The standard InChI is InChI=1S/C18H26ClNO3S/c1-5-23-16(21)18(11-6-12-18)15(20-24(22)17(2,3)4)13-7-9-14(19)10-8-13/h7-10,15,20H,5-6,11-12H2,1-4H3/t15-,24+/m0/s1. The van der Waals surface area contributed by atoms with Crippen molar-refractivity contribution in [3.05, 3.63) is 34.9 Å². The van der Waals surface area contributed by atoms with Crippen LogP contribution in [-0.2, 0) is 20.5 Å². The number of ether oxygens (including phenoxy) is 1. The molecule has 0 radical (unpaired) electrons. The van der Waals surface area contributed by atoms with Gasteiger partial charge in [0.25, 0.3) is 0 Å². The first-order valence-electron chi connectivity index (χ1n) is 8.31. The van der Waals surface area contributed by atoms with E-state index < -0.39 is 21.1 Å². The van der Waals surface area contributed by atoms with Gasteiger partial charge in [0.1, 0.15) is 0 Å². The largest absolute Gasteiger partial charge is 0.466 e. The van der Waals surface area contributed by atoms with Crippen molar-refractivity contribution in [1.29, 1.82) is 0 Å². The Morgan fingerprint density at radius 2 is 1.92 bits per heavy atom. The second-order valence-corrected chi connectivity index (χ2v) is 9.65. The second-order valence-electron chi connectivity index (χ2n) is 7.21. The van der Waals surface area contributed by atoms with Gasteiger partial charge in [-0.3, -0.25) is 4.79 Å². The smallest absolute Gasteiger partial charge is 0.314 e. The average Bonchev–Trinajstić information content (AvgIpc) is 2.45. The van der Waals surface area contributed by atoms with E-state index in [0.717, 1.165) is 24.8 Å². The average molecular weight is 372 g/mol. The van der Waals surface area contributed by atoms with Gasteiger partial charge >= 0.3 is 5.97 Å². The molecule has 1 saturated carbocycles. The lowest BCUT2D eigenvalue weighted by atomic mass is 9.62. The molecule has 0 spiro atoms. The van der Waals surface area contributed by atoms with E-state index in [1.807, 2.05) is 39.8 Å². The van der Waals surface area contributed by atoms with E-state index in [1.165, 1.54) is 0 Å². The van der Waals surface area contributed by atoms with Crippen molar-refractivity contribution in [1.82, 2.24) is 4.72 Å². The van der Waals surface area contributed by atoms with Gasteiger partial charge in [0.2, 0.25) is 0 Å². The predicted octanol–water partition coefficient (Wildman–Crippen LogP) is 4.17. The van der Waals surface area contributed by atoms with Gasteiger partial charge in [-0.05, 0) is 58.2 Å². The Kier molecular flexibility index (Phi) is 6.10. The van der Waals surface area contributed by atoms with Crippen LogP contribution in [0.5, 0.6) is 0 Å². The summed E-state index contributed by atoms with van der Waals surface area (Å²) in [4.78, 5) is 12.7. The monoisotopic (exact) mass is 371 g/mol. The van der Waals surface area contributed by atoms with Crippen LogP contribution in [0, 0.1) is 5.41 Å². The fraction of sp³-hybridized carbons (Fsp3) is 0.611. The highest BCUT2D eigenvalue weighted by molar-refractivity contribution is 7.84. The second kappa shape index (κ2) is 7.54. The topological polar surface area (TPSA) is 55.4 Å². The van der Waals surface area contributed by atoms with Crippen LogP contribution in [0.3, 0.4) is 0 Å². The van der Waals surface area contributed by atoms with Gasteiger partial charge in [-0.25, -0.2) is 8.93 Å². The van der Waals surface area contributed by atoms with Crippen LogP contribution in [0.1, 0.15) is 58.6 Å². The predicted molar refractivity (Wildman–Crippen MR) is 98.1 cm³/mol. The number of esters is 1. The summed E-state index contributed by atoms with van der Waals surface area (Å²) >= 11 is 6.00. The number of halogens is 1. The van der Waals surface area contributed by atoms with Crippen LogP contribution in [0.25, 0.3) is 0 Å². The molecular formula is C18H26ClNO3S. The van der Waals surface area contributed by atoms with E-state index in [1.54, 1.807) is 12.1 Å². The zero-order chi connectivity index (χ0) is 18.0. The minimum Gasteiger partial charge on any atom is -0.466 e. The first-order valence-corrected chi connectivity index (χ1v) is 9.84. The van der Waals surface area contributed by atoms with Gasteiger partial charge in [-0.1, -0.05) is 30.2 Å². The first-order chi connectivity index (χ1) is 11.2. The van der Waals surface area contributed by atoms with Crippen molar-refractivity contribution < 1.29 is 13.7 Å². The third kappa shape index (κ3) is 4.01. The van der Waals surface area contributed by atoms with Crippen molar-refractivity contribution in [3.63, 3.8) is 0 Å². The highest BCUT2D eigenvalue weighted by Crippen LogP contribution is 2.51. The first kappa shape index (κ1) is 19.4. The fourth-order valence-corrected chi connectivity index (χ4v) is 3.94. The Morgan fingerprint density at radius 1 is 1.33 bits per heavy atom. The van der Waals surface area contributed by atoms with Gasteiger partial charge in [-0.2, -0.15) is 0 Å². The summed E-state index contributed by atoms with van der Waals surface area (Å²) in [6, 6.07) is 7.01. The molecule has 1 N–H and O–H groups in total. The number of rotatable bonds is 6. The molecule has 0 heterocycles. The molecule has 0 amide bonds. The van der Waals surface area contributed by atoms with E-state index in [-0.39, 0.29) is 12.0 Å². The fourth-order valence-electron chi connectivity index (χ4n) is 2.88. The molecule has 0 saturated heterocycles. The van der Waals surface area contributed by atoms with Crippen LogP contribution in [0.15, 0.2) is 24.3 Å². The Morgan fingerprint density at radius 3 is 2.33 bits per heavy atom. The van der Waals surface area contributed by atoms with Crippen molar-refractivity contribution in [3.8, 4) is 0 Å². The van der Waals surface area contributed by atoms with E-state index >= 15 is 0 Å². The number of carbonyl (C=O) groups is 1. The Labute approximate surface area is 151 Å². The molecule has 4 nitrogen and oxygen atoms in total. The molecule has 1 aromatic rings. The zero-order valence-electron chi connectivity index (χ0n) is 14.7. The molecule has 0 unspecified atom stereocenters. The molecule has 1 aliphatic rings. The number of hydrogen-bond acceptors (Lipinski definition) is 3. The molecule has 2 atom stereocenters. The molecule has 0 aliphatic heterocycles. The molecule has 0 aromatic heterocycles. The molecule has 1 aliphatic carbocycles. The third-order valence-corrected chi connectivity index (χ3v) is 6.28. The van der Waals surface area contributed by atoms with E-state index in [4.69, 9.17) is 16.3 Å². The Balaban J connectivity index is 2.40. The van der Waals surface area contributed by atoms with E-state index in [0.29, 0.717) is 11.6 Å². The maximum absolute atomic E-state index is 12.7. The summed E-state index contributed by atoms with van der Waals surface area (Å²) in [7, 11) is -1.30. The SMILES string of the molecule is CCOC(=O)C1([C@@H](N[S@](=O)C(C)(C)C)c2ccc(Cl)cc2)CCC1. The summed E-state index contributed by atoms with van der Waals surface area (Å²) < 4.78 is 20.8. The Hall–Kier alpha value is -0.910. The van der Waals surface area contributed by atoms with Gasteiger partial charge in [-0.15, -0.1) is 0 Å². The van der Waals surface area contributed by atoms with Gasteiger partial charge < -0.3 is 4.74 Å². The maximum Gasteiger partial charge on any atom is 0.314 e. The number of hydrogen-bond donors (Lipinski definition) is 1.